The molecule has 0 amide bonds. The summed E-state index contributed by atoms with van der Waals surface area (Å²) in [6.45, 7) is 3.73. The molecule has 1 fully saturated rings. The maximum Gasteiger partial charge on any atom is 0.191 e. The Balaban J connectivity index is 1.77. The van der Waals surface area contributed by atoms with Crippen molar-refractivity contribution in [3.05, 3.63) is 29.8 Å². The Labute approximate surface area is 145 Å². The number of aliphatic imine (C=N–C) groups is 1. The molecule has 3 N–H and O–H groups in total. The summed E-state index contributed by atoms with van der Waals surface area (Å²) in [7, 11) is 1.70. The Morgan fingerprint density at radius 2 is 2.08 bits per heavy atom. The fourth-order valence-electron chi connectivity index (χ4n) is 3.04. The quantitative estimate of drug-likeness (QED) is 0.407. The van der Waals surface area contributed by atoms with Gasteiger partial charge < -0.3 is 20.5 Å². The molecule has 0 spiro atoms. The maximum atomic E-state index is 9.60. The van der Waals surface area contributed by atoms with Crippen molar-refractivity contribution in [2.75, 3.05) is 20.2 Å². The minimum Gasteiger partial charge on any atom is -0.497 e. The number of aryl methyl sites for hydroxylation is 1. The second-order valence-electron chi connectivity index (χ2n) is 6.37. The van der Waals surface area contributed by atoms with Gasteiger partial charge in [0.2, 0.25) is 0 Å². The van der Waals surface area contributed by atoms with E-state index in [1.807, 2.05) is 12.1 Å². The average molecular weight is 333 g/mol. The van der Waals surface area contributed by atoms with Gasteiger partial charge in [0.15, 0.2) is 5.96 Å². The number of benzene rings is 1. The number of aliphatic hydroxyl groups is 1. The molecule has 0 saturated heterocycles. The molecule has 1 aliphatic rings. The molecule has 0 aliphatic heterocycles. The van der Waals surface area contributed by atoms with Crippen LogP contribution in [0.25, 0.3) is 0 Å². The van der Waals surface area contributed by atoms with Crippen molar-refractivity contribution in [3.63, 3.8) is 0 Å². The van der Waals surface area contributed by atoms with Crippen molar-refractivity contribution >= 4 is 5.96 Å². The lowest BCUT2D eigenvalue weighted by Crippen LogP contribution is -2.45. The highest BCUT2D eigenvalue weighted by Crippen LogP contribution is 2.18. The number of nitrogens with one attached hydrogen (secondary N) is 2. The van der Waals surface area contributed by atoms with Crippen molar-refractivity contribution in [3.8, 4) is 5.75 Å². The first-order chi connectivity index (χ1) is 11.7. The first-order valence-electron chi connectivity index (χ1n) is 9.07. The van der Waals surface area contributed by atoms with E-state index in [-0.39, 0.29) is 6.10 Å². The van der Waals surface area contributed by atoms with Gasteiger partial charge in [-0.05, 0) is 63.1 Å². The third kappa shape index (κ3) is 6.40. The number of methoxy groups -OCH3 is 1. The zero-order chi connectivity index (χ0) is 17.2. The van der Waals surface area contributed by atoms with E-state index < -0.39 is 0 Å². The average Bonchev–Trinajstić information content (AvgIpc) is 2.61. The molecule has 0 atom stereocenters. The van der Waals surface area contributed by atoms with Gasteiger partial charge in [-0.3, -0.25) is 4.99 Å². The molecule has 1 aromatic rings. The summed E-state index contributed by atoms with van der Waals surface area (Å²) in [6.07, 6.45) is 5.67. The van der Waals surface area contributed by atoms with Crippen molar-refractivity contribution in [2.45, 2.75) is 57.6 Å². The monoisotopic (exact) mass is 333 g/mol. The molecule has 5 nitrogen and oxygen atoms in total. The van der Waals surface area contributed by atoms with Crippen LogP contribution >= 0.6 is 0 Å². The van der Waals surface area contributed by atoms with Crippen LogP contribution in [-0.2, 0) is 6.42 Å². The van der Waals surface area contributed by atoms with E-state index in [9.17, 15) is 5.11 Å². The molecule has 0 heterocycles. The van der Waals surface area contributed by atoms with E-state index >= 15 is 0 Å². The third-order valence-corrected chi connectivity index (χ3v) is 4.41. The highest BCUT2D eigenvalue weighted by atomic mass is 16.5. The molecule has 1 aliphatic carbocycles. The van der Waals surface area contributed by atoms with Gasteiger partial charge >= 0.3 is 0 Å². The van der Waals surface area contributed by atoms with Gasteiger partial charge in [0.05, 0.1) is 13.2 Å². The van der Waals surface area contributed by atoms with Crippen LogP contribution in [0.2, 0.25) is 0 Å². The second kappa shape index (κ2) is 10.2. The number of guanidine groups is 1. The summed E-state index contributed by atoms with van der Waals surface area (Å²) < 4.78 is 5.26. The number of nitrogens with zero attached hydrogens (tertiary/aromatic N) is 1. The van der Waals surface area contributed by atoms with E-state index in [2.05, 4.69) is 34.7 Å². The lowest BCUT2D eigenvalue weighted by molar-refractivity contribution is 0.120. The van der Waals surface area contributed by atoms with E-state index in [1.54, 1.807) is 7.11 Å². The summed E-state index contributed by atoms with van der Waals surface area (Å²) in [5, 5.41) is 16.4. The Morgan fingerprint density at radius 1 is 1.29 bits per heavy atom. The predicted octanol–water partition coefficient (Wildman–Crippen LogP) is 2.49. The van der Waals surface area contributed by atoms with Crippen LogP contribution < -0.4 is 15.4 Å². The summed E-state index contributed by atoms with van der Waals surface area (Å²) in [4.78, 5) is 4.68. The van der Waals surface area contributed by atoms with Crippen molar-refractivity contribution < 1.29 is 9.84 Å². The molecule has 0 bridgehead atoms. The smallest absolute Gasteiger partial charge is 0.191 e. The molecular formula is C19H31N3O2. The number of rotatable bonds is 7. The number of hydrogen-bond acceptors (Lipinski definition) is 3. The van der Waals surface area contributed by atoms with E-state index in [1.165, 1.54) is 5.56 Å². The van der Waals surface area contributed by atoms with Crippen LogP contribution in [0.1, 0.15) is 44.6 Å². The topological polar surface area (TPSA) is 65.9 Å². The minimum absolute atomic E-state index is 0.120. The molecule has 1 saturated carbocycles. The summed E-state index contributed by atoms with van der Waals surface area (Å²) in [6, 6.07) is 8.63. The Morgan fingerprint density at radius 3 is 2.79 bits per heavy atom. The van der Waals surface area contributed by atoms with Crippen LogP contribution in [-0.4, -0.2) is 43.4 Å². The number of aliphatic hydroxyl groups excluding tert-OH is 1. The van der Waals surface area contributed by atoms with Crippen LogP contribution in [0.15, 0.2) is 29.3 Å². The lowest BCUT2D eigenvalue weighted by Gasteiger charge is -2.27. The first-order valence-corrected chi connectivity index (χ1v) is 9.07. The summed E-state index contributed by atoms with van der Waals surface area (Å²) >= 11 is 0. The summed E-state index contributed by atoms with van der Waals surface area (Å²) in [5.41, 5.74) is 1.28. The molecule has 5 heteroatoms. The zero-order valence-electron chi connectivity index (χ0n) is 14.9. The lowest BCUT2D eigenvalue weighted by atomic mass is 9.93. The third-order valence-electron chi connectivity index (χ3n) is 4.41. The minimum atomic E-state index is -0.120. The van der Waals surface area contributed by atoms with Crippen LogP contribution in [0.5, 0.6) is 5.75 Å². The van der Waals surface area contributed by atoms with Gasteiger partial charge in [-0.1, -0.05) is 12.1 Å². The molecular weight excluding hydrogens is 302 g/mol. The molecule has 0 aromatic heterocycles. The highest BCUT2D eigenvalue weighted by molar-refractivity contribution is 5.80. The highest BCUT2D eigenvalue weighted by Gasteiger charge is 2.19. The van der Waals surface area contributed by atoms with Gasteiger partial charge in [-0.2, -0.15) is 0 Å². The van der Waals surface area contributed by atoms with Crippen LogP contribution in [0.3, 0.4) is 0 Å². The van der Waals surface area contributed by atoms with Gasteiger partial charge in [-0.15, -0.1) is 0 Å². The fourth-order valence-corrected chi connectivity index (χ4v) is 3.04. The molecule has 0 radical (unpaired) electrons. The van der Waals surface area contributed by atoms with Gasteiger partial charge in [-0.25, -0.2) is 0 Å². The van der Waals surface area contributed by atoms with Gasteiger partial charge in [0.25, 0.3) is 0 Å². The van der Waals surface area contributed by atoms with E-state index in [4.69, 9.17) is 4.74 Å². The normalized spacial score (nSPS) is 21.4. The molecule has 0 unspecified atom stereocenters. The van der Waals surface area contributed by atoms with Gasteiger partial charge in [0, 0.05) is 19.1 Å². The molecule has 1 aromatic carbocycles. The summed E-state index contributed by atoms with van der Waals surface area (Å²) in [5.74, 6) is 1.80. The van der Waals surface area contributed by atoms with E-state index in [0.717, 1.165) is 63.3 Å². The van der Waals surface area contributed by atoms with Crippen LogP contribution in [0.4, 0.5) is 0 Å². The predicted molar refractivity (Wildman–Crippen MR) is 98.7 cm³/mol. The molecule has 24 heavy (non-hydrogen) atoms. The Hall–Kier alpha value is -1.75. The number of hydrogen-bond donors (Lipinski definition) is 3. The standard InChI is InChI=1S/C19H31N3O2/c1-3-20-19(22-16-9-11-17(23)12-10-16)21-13-5-7-15-6-4-8-18(14-15)24-2/h4,6,8,14,16-17,23H,3,5,7,9-13H2,1-2H3,(H2,20,21,22). The molecule has 2 rings (SSSR count). The van der Waals surface area contributed by atoms with Crippen molar-refractivity contribution in [1.29, 1.82) is 0 Å². The zero-order valence-corrected chi connectivity index (χ0v) is 14.9. The van der Waals surface area contributed by atoms with Crippen molar-refractivity contribution in [2.24, 2.45) is 4.99 Å². The van der Waals surface area contributed by atoms with Crippen LogP contribution in [0, 0.1) is 0 Å². The number of ether oxygens (including phenoxy) is 1. The fraction of sp³-hybridized carbons (Fsp3) is 0.632. The van der Waals surface area contributed by atoms with Gasteiger partial charge in [0.1, 0.15) is 5.75 Å². The Kier molecular flexibility index (Phi) is 7.89. The first kappa shape index (κ1) is 18.6. The SMILES string of the molecule is CCNC(=NCCCc1cccc(OC)c1)NC1CCC(O)CC1. The van der Waals surface area contributed by atoms with Crippen molar-refractivity contribution in [1.82, 2.24) is 10.6 Å². The Bertz CT molecular complexity index is 511. The maximum absolute atomic E-state index is 9.60. The molecule has 134 valence electrons. The second-order valence-corrected chi connectivity index (χ2v) is 6.37. The largest absolute Gasteiger partial charge is 0.497 e. The van der Waals surface area contributed by atoms with E-state index in [0.29, 0.717) is 6.04 Å².